The van der Waals surface area contributed by atoms with Gasteiger partial charge in [-0.1, -0.05) is 35.9 Å². The van der Waals surface area contributed by atoms with Crippen LogP contribution in [0.3, 0.4) is 0 Å². The predicted molar refractivity (Wildman–Crippen MR) is 87.5 cm³/mol. The lowest BCUT2D eigenvalue weighted by Gasteiger charge is -2.18. The fraction of sp³-hybridized carbons (Fsp3) is 0.143. The van der Waals surface area contributed by atoms with Crippen LogP contribution < -0.4 is 0 Å². The molecule has 0 saturated heterocycles. The first-order chi connectivity index (χ1) is 10.5. The Morgan fingerprint density at radius 3 is 2.68 bits per heavy atom. The minimum atomic E-state index is -3.67. The molecule has 1 aromatic heterocycles. The van der Waals surface area contributed by atoms with E-state index in [9.17, 15) is 8.42 Å². The highest BCUT2D eigenvalue weighted by Crippen LogP contribution is 2.25. The van der Waals surface area contributed by atoms with Crippen LogP contribution in [-0.4, -0.2) is 28.5 Å². The van der Waals surface area contributed by atoms with Crippen LogP contribution in [0.1, 0.15) is 5.56 Å². The number of halogens is 1. The monoisotopic (exact) mass is 353 g/mol. The van der Waals surface area contributed by atoms with E-state index in [0.717, 1.165) is 17.3 Å². The van der Waals surface area contributed by atoms with Gasteiger partial charge >= 0.3 is 0 Å². The molecule has 0 aliphatic rings. The number of aromatic nitrogens is 2. The lowest BCUT2D eigenvalue weighted by molar-refractivity contribution is 0.467. The van der Waals surface area contributed by atoms with Gasteiger partial charge in [0.2, 0.25) is 10.0 Å². The maximum atomic E-state index is 12.8. The summed E-state index contributed by atoms with van der Waals surface area (Å²) < 4.78 is 35.0. The zero-order valence-corrected chi connectivity index (χ0v) is 14.0. The number of fused-ring (bicyclic) bond motifs is 1. The first-order valence-electron chi connectivity index (χ1n) is 6.41. The number of sulfonamides is 1. The predicted octanol–water partition coefficient (Wildman–Crippen LogP) is 3.17. The van der Waals surface area contributed by atoms with Gasteiger partial charge in [0.1, 0.15) is 15.9 Å². The zero-order valence-electron chi connectivity index (χ0n) is 11.6. The Morgan fingerprint density at radius 2 is 1.91 bits per heavy atom. The number of benzene rings is 2. The van der Waals surface area contributed by atoms with Crippen molar-refractivity contribution in [2.45, 2.75) is 11.4 Å². The van der Waals surface area contributed by atoms with Gasteiger partial charge in [-0.2, -0.15) is 13.1 Å². The average Bonchev–Trinajstić information content (AvgIpc) is 2.97. The third kappa shape index (κ3) is 2.72. The van der Waals surface area contributed by atoms with Crippen LogP contribution in [0.25, 0.3) is 11.0 Å². The molecule has 0 aliphatic heterocycles. The number of hydrogen-bond donors (Lipinski definition) is 0. The van der Waals surface area contributed by atoms with E-state index in [-0.39, 0.29) is 11.4 Å². The quantitative estimate of drug-likeness (QED) is 0.722. The Kier molecular flexibility index (Phi) is 4.14. The van der Waals surface area contributed by atoms with Gasteiger partial charge in [0.25, 0.3) is 0 Å². The van der Waals surface area contributed by atoms with Gasteiger partial charge < -0.3 is 0 Å². The molecule has 0 N–H and O–H groups in total. The van der Waals surface area contributed by atoms with E-state index >= 15 is 0 Å². The van der Waals surface area contributed by atoms with Gasteiger partial charge in [0, 0.05) is 18.6 Å². The van der Waals surface area contributed by atoms with Gasteiger partial charge in [-0.05, 0) is 23.8 Å². The molecule has 22 heavy (non-hydrogen) atoms. The molecule has 0 unspecified atom stereocenters. The minimum Gasteiger partial charge on any atom is -0.207 e. The zero-order chi connectivity index (χ0) is 15.7. The van der Waals surface area contributed by atoms with Crippen molar-refractivity contribution in [2.24, 2.45) is 0 Å². The van der Waals surface area contributed by atoms with Crippen molar-refractivity contribution in [2.75, 3.05) is 7.05 Å². The maximum absolute atomic E-state index is 12.8. The molecule has 114 valence electrons. The molecule has 0 spiro atoms. The fourth-order valence-electron chi connectivity index (χ4n) is 2.11. The van der Waals surface area contributed by atoms with Crippen molar-refractivity contribution in [3.05, 3.63) is 53.1 Å². The van der Waals surface area contributed by atoms with Crippen LogP contribution in [0.2, 0.25) is 5.02 Å². The first kappa shape index (κ1) is 15.4. The third-order valence-corrected chi connectivity index (χ3v) is 6.03. The standard InChI is InChI=1S/C14H12ClN3O2S2/c1-18(9-10-5-2-3-6-11(10)15)22(19,20)13-8-4-7-12-14(13)17-21-16-12/h2-8H,9H2,1H3. The summed E-state index contributed by atoms with van der Waals surface area (Å²) in [5, 5.41) is 0.540. The first-order valence-corrected chi connectivity index (χ1v) is 8.96. The second kappa shape index (κ2) is 5.92. The summed E-state index contributed by atoms with van der Waals surface area (Å²) in [6.07, 6.45) is 0. The minimum absolute atomic E-state index is 0.160. The highest BCUT2D eigenvalue weighted by molar-refractivity contribution is 7.89. The number of rotatable bonds is 4. The maximum Gasteiger partial charge on any atom is 0.245 e. The van der Waals surface area contributed by atoms with Crippen LogP contribution in [0.15, 0.2) is 47.4 Å². The van der Waals surface area contributed by atoms with E-state index in [0.29, 0.717) is 16.1 Å². The van der Waals surface area contributed by atoms with Crippen LogP contribution >= 0.6 is 23.3 Å². The normalized spacial score (nSPS) is 12.1. The number of nitrogens with zero attached hydrogens (tertiary/aromatic N) is 3. The fourth-order valence-corrected chi connectivity index (χ4v) is 4.20. The van der Waals surface area contributed by atoms with Crippen LogP contribution in [0.4, 0.5) is 0 Å². The molecule has 0 saturated carbocycles. The highest BCUT2D eigenvalue weighted by Gasteiger charge is 2.25. The Balaban J connectivity index is 1.99. The van der Waals surface area contributed by atoms with Gasteiger partial charge in [-0.3, -0.25) is 0 Å². The number of hydrogen-bond acceptors (Lipinski definition) is 5. The van der Waals surface area contributed by atoms with E-state index in [1.54, 1.807) is 30.3 Å². The second-order valence-electron chi connectivity index (χ2n) is 4.74. The summed E-state index contributed by atoms with van der Waals surface area (Å²) in [5.41, 5.74) is 1.73. The van der Waals surface area contributed by atoms with Crippen molar-refractivity contribution in [3.63, 3.8) is 0 Å². The molecule has 0 radical (unpaired) electrons. The van der Waals surface area contributed by atoms with Crippen LogP contribution in [-0.2, 0) is 16.6 Å². The molecule has 3 rings (SSSR count). The Morgan fingerprint density at radius 1 is 1.14 bits per heavy atom. The molecule has 0 atom stereocenters. The Labute approximate surface area is 137 Å². The Hall–Kier alpha value is -1.54. The highest BCUT2D eigenvalue weighted by atomic mass is 35.5. The summed E-state index contributed by atoms with van der Waals surface area (Å²) in [5.74, 6) is 0. The lowest BCUT2D eigenvalue weighted by Crippen LogP contribution is -2.26. The second-order valence-corrected chi connectivity index (χ2v) is 7.69. The molecule has 0 bridgehead atoms. The van der Waals surface area contributed by atoms with Crippen molar-refractivity contribution < 1.29 is 8.42 Å². The van der Waals surface area contributed by atoms with Gasteiger partial charge in [0.05, 0.1) is 11.7 Å². The smallest absolute Gasteiger partial charge is 0.207 e. The van der Waals surface area contributed by atoms with Gasteiger partial charge in [0.15, 0.2) is 0 Å². The molecule has 3 aromatic rings. The van der Waals surface area contributed by atoms with Crippen LogP contribution in [0, 0.1) is 0 Å². The van der Waals surface area contributed by atoms with Crippen molar-refractivity contribution in [1.29, 1.82) is 0 Å². The van der Waals surface area contributed by atoms with Gasteiger partial charge in [-0.25, -0.2) is 8.42 Å². The van der Waals surface area contributed by atoms with Gasteiger partial charge in [-0.15, -0.1) is 0 Å². The van der Waals surface area contributed by atoms with E-state index in [2.05, 4.69) is 8.75 Å². The summed E-state index contributed by atoms with van der Waals surface area (Å²) >= 11 is 7.10. The molecule has 0 aliphatic carbocycles. The largest absolute Gasteiger partial charge is 0.245 e. The molecular weight excluding hydrogens is 342 g/mol. The molecule has 0 amide bonds. The van der Waals surface area contributed by atoms with E-state index in [1.807, 2.05) is 12.1 Å². The third-order valence-electron chi connectivity index (χ3n) is 3.29. The molecule has 1 heterocycles. The van der Waals surface area contributed by atoms with Crippen molar-refractivity contribution in [3.8, 4) is 0 Å². The molecule has 2 aromatic carbocycles. The molecule has 0 fully saturated rings. The Bertz CT molecular complexity index is 924. The van der Waals surface area contributed by atoms with Crippen molar-refractivity contribution in [1.82, 2.24) is 13.1 Å². The topological polar surface area (TPSA) is 63.2 Å². The SMILES string of the molecule is CN(Cc1ccccc1Cl)S(=O)(=O)c1cccc2nsnc12. The molecular formula is C14H12ClN3O2S2. The molecule has 5 nitrogen and oxygen atoms in total. The van der Waals surface area contributed by atoms with E-state index in [1.165, 1.54) is 11.4 Å². The summed E-state index contributed by atoms with van der Waals surface area (Å²) in [6, 6.07) is 12.1. The summed E-state index contributed by atoms with van der Waals surface area (Å²) in [7, 11) is -2.15. The average molecular weight is 354 g/mol. The summed E-state index contributed by atoms with van der Waals surface area (Å²) in [6.45, 7) is 0.190. The lowest BCUT2D eigenvalue weighted by atomic mass is 10.2. The van der Waals surface area contributed by atoms with Crippen LogP contribution in [0.5, 0.6) is 0 Å². The van der Waals surface area contributed by atoms with E-state index in [4.69, 9.17) is 11.6 Å². The van der Waals surface area contributed by atoms with E-state index < -0.39 is 10.0 Å². The summed E-state index contributed by atoms with van der Waals surface area (Å²) in [4.78, 5) is 0.160. The van der Waals surface area contributed by atoms with Crippen molar-refractivity contribution >= 4 is 44.4 Å². The molecule has 8 heteroatoms.